The van der Waals surface area contributed by atoms with E-state index in [1.807, 2.05) is 6.92 Å². The monoisotopic (exact) mass is 248 g/mol. The van der Waals surface area contributed by atoms with Crippen molar-refractivity contribution in [2.45, 2.75) is 32.6 Å². The number of amides is 1. The van der Waals surface area contributed by atoms with Crippen LogP contribution in [0.1, 0.15) is 41.9 Å². The van der Waals surface area contributed by atoms with Crippen LogP contribution in [0.5, 0.6) is 0 Å². The summed E-state index contributed by atoms with van der Waals surface area (Å²) >= 11 is 0. The van der Waals surface area contributed by atoms with E-state index >= 15 is 0 Å². The van der Waals surface area contributed by atoms with Gasteiger partial charge in [0.05, 0.1) is 0 Å². The van der Waals surface area contributed by atoms with Crippen LogP contribution in [0.4, 0.5) is 5.95 Å². The molecule has 18 heavy (non-hydrogen) atoms. The lowest BCUT2D eigenvalue weighted by Crippen LogP contribution is -2.28. The first-order valence-corrected chi connectivity index (χ1v) is 6.50. The van der Waals surface area contributed by atoms with Crippen LogP contribution in [0.25, 0.3) is 0 Å². The highest BCUT2D eigenvalue weighted by Crippen LogP contribution is 2.28. The Kier molecular flexibility index (Phi) is 4.12. The molecular formula is C13H20N4O. The van der Waals surface area contributed by atoms with Gasteiger partial charge in [-0.3, -0.25) is 4.79 Å². The lowest BCUT2D eigenvalue weighted by molar-refractivity contribution is 0.0944. The van der Waals surface area contributed by atoms with E-state index in [0.29, 0.717) is 11.6 Å². The minimum Gasteiger partial charge on any atom is -0.357 e. The summed E-state index contributed by atoms with van der Waals surface area (Å²) < 4.78 is 0. The standard InChI is InChI=1S/C13H20N4O/c1-9-8-11(17-13(14-2)16-9)12(18)15-7-6-10-4-3-5-10/h8,10H,3-7H2,1-2H3,(H,15,18)(H,14,16,17). The molecule has 1 aliphatic rings. The third kappa shape index (κ3) is 3.18. The number of nitrogens with one attached hydrogen (secondary N) is 2. The van der Waals surface area contributed by atoms with Crippen LogP contribution in [0.15, 0.2) is 6.07 Å². The van der Waals surface area contributed by atoms with Crippen molar-refractivity contribution in [2.24, 2.45) is 5.92 Å². The number of hydrogen-bond donors (Lipinski definition) is 2. The molecule has 2 rings (SSSR count). The van der Waals surface area contributed by atoms with Gasteiger partial charge in [0.15, 0.2) is 0 Å². The molecule has 1 fully saturated rings. The zero-order chi connectivity index (χ0) is 13.0. The lowest BCUT2D eigenvalue weighted by Gasteiger charge is -2.25. The predicted molar refractivity (Wildman–Crippen MR) is 70.6 cm³/mol. The van der Waals surface area contributed by atoms with E-state index < -0.39 is 0 Å². The van der Waals surface area contributed by atoms with Gasteiger partial charge in [0.1, 0.15) is 5.69 Å². The molecule has 0 aliphatic heterocycles. The Hall–Kier alpha value is -1.65. The average Bonchev–Trinajstić information content (AvgIpc) is 2.31. The molecule has 1 heterocycles. The number of hydrogen-bond acceptors (Lipinski definition) is 4. The normalized spacial score (nSPS) is 15.0. The van der Waals surface area contributed by atoms with Gasteiger partial charge in [0.25, 0.3) is 5.91 Å². The quantitative estimate of drug-likeness (QED) is 0.833. The Bertz CT molecular complexity index is 429. The minimum absolute atomic E-state index is 0.115. The SMILES string of the molecule is CNc1nc(C)cc(C(=O)NCCC2CCC2)n1. The first-order valence-electron chi connectivity index (χ1n) is 6.50. The molecule has 0 unspecified atom stereocenters. The Morgan fingerprint density at radius 1 is 1.44 bits per heavy atom. The molecule has 98 valence electrons. The number of rotatable bonds is 5. The van der Waals surface area contributed by atoms with Crippen LogP contribution in [-0.2, 0) is 0 Å². The summed E-state index contributed by atoms with van der Waals surface area (Å²) in [6.07, 6.45) is 5.04. The number of carbonyl (C=O) groups excluding carboxylic acids is 1. The first-order chi connectivity index (χ1) is 8.69. The zero-order valence-corrected chi connectivity index (χ0v) is 11.0. The molecule has 1 amide bonds. The van der Waals surface area contributed by atoms with Crippen LogP contribution < -0.4 is 10.6 Å². The minimum atomic E-state index is -0.115. The fraction of sp³-hybridized carbons (Fsp3) is 0.615. The van der Waals surface area contributed by atoms with E-state index in [9.17, 15) is 4.79 Å². The van der Waals surface area contributed by atoms with Gasteiger partial charge in [-0.25, -0.2) is 9.97 Å². The van der Waals surface area contributed by atoms with E-state index in [4.69, 9.17) is 0 Å². The summed E-state index contributed by atoms with van der Waals surface area (Å²) in [4.78, 5) is 20.2. The largest absolute Gasteiger partial charge is 0.357 e. The lowest BCUT2D eigenvalue weighted by atomic mass is 9.83. The topological polar surface area (TPSA) is 66.9 Å². The van der Waals surface area contributed by atoms with Gasteiger partial charge in [0, 0.05) is 19.3 Å². The Balaban J connectivity index is 1.88. The smallest absolute Gasteiger partial charge is 0.270 e. The highest BCUT2D eigenvalue weighted by Gasteiger charge is 2.17. The van der Waals surface area contributed by atoms with E-state index in [-0.39, 0.29) is 5.91 Å². The molecule has 0 atom stereocenters. The van der Waals surface area contributed by atoms with Crippen LogP contribution in [-0.4, -0.2) is 29.5 Å². The van der Waals surface area contributed by atoms with Crippen LogP contribution in [0.2, 0.25) is 0 Å². The molecule has 0 bridgehead atoms. The molecular weight excluding hydrogens is 228 g/mol. The van der Waals surface area contributed by atoms with Crippen LogP contribution in [0, 0.1) is 12.8 Å². The molecule has 0 spiro atoms. The molecule has 0 saturated heterocycles. The number of aryl methyl sites for hydroxylation is 1. The van der Waals surface area contributed by atoms with Crippen molar-refractivity contribution >= 4 is 11.9 Å². The van der Waals surface area contributed by atoms with Gasteiger partial charge in [-0.05, 0) is 25.3 Å². The average molecular weight is 248 g/mol. The fourth-order valence-corrected chi connectivity index (χ4v) is 2.06. The van der Waals surface area contributed by atoms with Gasteiger partial charge in [-0.1, -0.05) is 19.3 Å². The maximum absolute atomic E-state index is 11.9. The Labute approximate surface area is 107 Å². The summed E-state index contributed by atoms with van der Waals surface area (Å²) in [5.74, 6) is 1.18. The molecule has 1 aromatic rings. The Morgan fingerprint density at radius 2 is 2.22 bits per heavy atom. The first kappa shape index (κ1) is 12.8. The summed E-state index contributed by atoms with van der Waals surface area (Å²) in [5, 5.41) is 5.77. The van der Waals surface area contributed by atoms with Crippen molar-refractivity contribution in [2.75, 3.05) is 18.9 Å². The van der Waals surface area contributed by atoms with Gasteiger partial charge < -0.3 is 10.6 Å². The maximum atomic E-state index is 11.9. The van der Waals surface area contributed by atoms with E-state index in [0.717, 1.165) is 24.6 Å². The zero-order valence-electron chi connectivity index (χ0n) is 11.0. The highest BCUT2D eigenvalue weighted by molar-refractivity contribution is 5.92. The molecule has 0 radical (unpaired) electrons. The number of nitrogens with zero attached hydrogens (tertiary/aromatic N) is 2. The van der Waals surface area contributed by atoms with Crippen molar-refractivity contribution in [3.63, 3.8) is 0 Å². The predicted octanol–water partition coefficient (Wildman–Crippen LogP) is 1.75. The molecule has 0 aromatic carbocycles. The molecule has 1 saturated carbocycles. The Morgan fingerprint density at radius 3 is 2.83 bits per heavy atom. The van der Waals surface area contributed by atoms with Crippen LogP contribution in [0.3, 0.4) is 0 Å². The highest BCUT2D eigenvalue weighted by atomic mass is 16.1. The van der Waals surface area contributed by atoms with E-state index in [2.05, 4.69) is 20.6 Å². The van der Waals surface area contributed by atoms with Crippen molar-refractivity contribution in [1.29, 1.82) is 0 Å². The second kappa shape index (κ2) is 5.80. The van der Waals surface area contributed by atoms with Crippen molar-refractivity contribution in [3.05, 3.63) is 17.5 Å². The number of carbonyl (C=O) groups is 1. The number of anilines is 1. The summed E-state index contributed by atoms with van der Waals surface area (Å²) in [5.41, 5.74) is 1.22. The molecule has 1 aliphatic carbocycles. The van der Waals surface area contributed by atoms with Gasteiger partial charge >= 0.3 is 0 Å². The fourth-order valence-electron chi connectivity index (χ4n) is 2.06. The van der Waals surface area contributed by atoms with Gasteiger partial charge in [-0.2, -0.15) is 0 Å². The van der Waals surface area contributed by atoms with E-state index in [1.54, 1.807) is 13.1 Å². The second-order valence-corrected chi connectivity index (χ2v) is 4.81. The van der Waals surface area contributed by atoms with Crippen molar-refractivity contribution < 1.29 is 4.79 Å². The molecule has 2 N–H and O–H groups in total. The molecule has 5 heteroatoms. The second-order valence-electron chi connectivity index (χ2n) is 4.81. The summed E-state index contributed by atoms with van der Waals surface area (Å²) in [6.45, 7) is 2.59. The van der Waals surface area contributed by atoms with Crippen molar-refractivity contribution in [3.8, 4) is 0 Å². The molecule has 5 nitrogen and oxygen atoms in total. The maximum Gasteiger partial charge on any atom is 0.270 e. The third-order valence-corrected chi connectivity index (χ3v) is 3.37. The summed E-state index contributed by atoms with van der Waals surface area (Å²) in [7, 11) is 1.74. The summed E-state index contributed by atoms with van der Waals surface area (Å²) in [6, 6.07) is 1.71. The van der Waals surface area contributed by atoms with Gasteiger partial charge in [-0.15, -0.1) is 0 Å². The van der Waals surface area contributed by atoms with E-state index in [1.165, 1.54) is 19.3 Å². The van der Waals surface area contributed by atoms with Crippen molar-refractivity contribution in [1.82, 2.24) is 15.3 Å². The molecule has 1 aromatic heterocycles. The van der Waals surface area contributed by atoms with Gasteiger partial charge in [0.2, 0.25) is 5.95 Å². The third-order valence-electron chi connectivity index (χ3n) is 3.37. The number of aromatic nitrogens is 2. The van der Waals surface area contributed by atoms with Crippen LogP contribution >= 0.6 is 0 Å².